The molecule has 4 rings (SSSR count). The number of Topliss-reactive ketones (excluding diaryl/α,β-unsaturated/α-hetero) is 1. The summed E-state index contributed by atoms with van der Waals surface area (Å²) in [6.07, 6.45) is 10.3. The lowest BCUT2D eigenvalue weighted by Crippen LogP contribution is -2.52. The van der Waals surface area contributed by atoms with Crippen molar-refractivity contribution in [2.24, 2.45) is 10.8 Å². The van der Waals surface area contributed by atoms with Gasteiger partial charge in [0.2, 0.25) is 0 Å². The van der Waals surface area contributed by atoms with Crippen LogP contribution in [0.2, 0.25) is 0 Å². The van der Waals surface area contributed by atoms with Crippen molar-refractivity contribution in [1.82, 2.24) is 0 Å². The minimum atomic E-state index is -0.566. The summed E-state index contributed by atoms with van der Waals surface area (Å²) in [6.45, 7) is 4.08. The molecule has 1 fully saturated rings. The Hall–Kier alpha value is -2.29. The fourth-order valence-corrected chi connectivity index (χ4v) is 4.25. The highest BCUT2D eigenvalue weighted by Gasteiger charge is 2.60. The SMILES string of the molecule is CC12C3=CC(=O)C=C1CC(=O)C1=CC(=O)C=C(C=C3)C12C. The Labute approximate surface area is 122 Å². The molecule has 3 nitrogen and oxygen atoms in total. The largest absolute Gasteiger partial charge is 0.294 e. The molecule has 4 aliphatic rings. The first kappa shape index (κ1) is 12.5. The maximum absolute atomic E-state index is 12.5. The summed E-state index contributed by atoms with van der Waals surface area (Å²) < 4.78 is 0. The zero-order valence-corrected chi connectivity index (χ0v) is 11.9. The van der Waals surface area contributed by atoms with Crippen LogP contribution in [0, 0.1) is 10.8 Å². The normalized spacial score (nSPS) is 36.6. The number of carbonyl (C=O) groups excluding carboxylic acids is 3. The van der Waals surface area contributed by atoms with Crippen LogP contribution in [0.3, 0.4) is 0 Å². The minimum Gasteiger partial charge on any atom is -0.294 e. The zero-order valence-electron chi connectivity index (χ0n) is 11.9. The van der Waals surface area contributed by atoms with Crippen molar-refractivity contribution in [1.29, 1.82) is 0 Å². The summed E-state index contributed by atoms with van der Waals surface area (Å²) in [5.41, 5.74) is 2.23. The summed E-state index contributed by atoms with van der Waals surface area (Å²) in [6, 6.07) is 0. The van der Waals surface area contributed by atoms with E-state index in [1.165, 1.54) is 6.08 Å². The molecular weight excluding hydrogens is 264 g/mol. The van der Waals surface area contributed by atoms with Crippen molar-refractivity contribution in [2.45, 2.75) is 20.3 Å². The highest BCUT2D eigenvalue weighted by molar-refractivity contribution is 6.14. The van der Waals surface area contributed by atoms with E-state index < -0.39 is 10.8 Å². The Balaban J connectivity index is 2.12. The van der Waals surface area contributed by atoms with Crippen LogP contribution in [0.25, 0.3) is 0 Å². The van der Waals surface area contributed by atoms with Gasteiger partial charge in [0.1, 0.15) is 0 Å². The second-order valence-electron chi connectivity index (χ2n) is 6.41. The predicted molar refractivity (Wildman–Crippen MR) is 77.3 cm³/mol. The van der Waals surface area contributed by atoms with E-state index >= 15 is 0 Å². The molecule has 3 heteroatoms. The van der Waals surface area contributed by atoms with Gasteiger partial charge in [-0.3, -0.25) is 14.4 Å². The Morgan fingerprint density at radius 2 is 1.38 bits per heavy atom. The third-order valence-corrected chi connectivity index (χ3v) is 5.63. The molecule has 1 saturated carbocycles. The Kier molecular flexibility index (Phi) is 2.06. The quantitative estimate of drug-likeness (QED) is 0.683. The first-order valence-electron chi connectivity index (χ1n) is 7.04. The molecule has 0 spiro atoms. The van der Waals surface area contributed by atoms with E-state index in [1.807, 2.05) is 19.1 Å². The van der Waals surface area contributed by atoms with Crippen LogP contribution in [0.4, 0.5) is 0 Å². The second kappa shape index (κ2) is 3.48. The van der Waals surface area contributed by atoms with Crippen molar-refractivity contribution in [3.63, 3.8) is 0 Å². The highest BCUT2D eigenvalue weighted by atomic mass is 16.1. The average molecular weight is 278 g/mol. The summed E-state index contributed by atoms with van der Waals surface area (Å²) in [5.74, 6) is -0.249. The number of rotatable bonds is 0. The monoisotopic (exact) mass is 278 g/mol. The van der Waals surface area contributed by atoms with Gasteiger partial charge >= 0.3 is 0 Å². The molecule has 21 heavy (non-hydrogen) atoms. The van der Waals surface area contributed by atoms with Crippen LogP contribution >= 0.6 is 0 Å². The topological polar surface area (TPSA) is 51.2 Å². The van der Waals surface area contributed by atoms with Gasteiger partial charge in [0.25, 0.3) is 0 Å². The van der Waals surface area contributed by atoms with Crippen molar-refractivity contribution >= 4 is 17.3 Å². The number of hydrogen-bond donors (Lipinski definition) is 0. The molecule has 0 N–H and O–H groups in total. The van der Waals surface area contributed by atoms with Crippen molar-refractivity contribution in [3.8, 4) is 0 Å². The fourth-order valence-electron chi connectivity index (χ4n) is 4.25. The Morgan fingerprint density at radius 3 is 2.05 bits per heavy atom. The van der Waals surface area contributed by atoms with Gasteiger partial charge in [-0.05, 0) is 41.0 Å². The molecule has 0 radical (unpaired) electrons. The van der Waals surface area contributed by atoms with Gasteiger partial charge in [0, 0.05) is 22.8 Å². The number of allylic oxidation sites excluding steroid dienone is 10. The second-order valence-corrected chi connectivity index (χ2v) is 6.41. The molecule has 0 amide bonds. The van der Waals surface area contributed by atoms with E-state index in [4.69, 9.17) is 0 Å². The van der Waals surface area contributed by atoms with Gasteiger partial charge in [-0.1, -0.05) is 26.0 Å². The van der Waals surface area contributed by atoms with Crippen molar-refractivity contribution < 1.29 is 14.4 Å². The number of carbonyl (C=O) groups is 3. The van der Waals surface area contributed by atoms with Crippen LogP contribution in [-0.2, 0) is 14.4 Å². The number of hydrogen-bond acceptors (Lipinski definition) is 3. The highest BCUT2D eigenvalue weighted by Crippen LogP contribution is 2.65. The van der Waals surface area contributed by atoms with E-state index in [9.17, 15) is 14.4 Å². The third kappa shape index (κ3) is 1.23. The Bertz CT molecular complexity index is 800. The van der Waals surface area contributed by atoms with E-state index in [1.54, 1.807) is 18.2 Å². The molecular formula is C18H14O3. The van der Waals surface area contributed by atoms with E-state index in [2.05, 4.69) is 6.92 Å². The molecule has 104 valence electrons. The van der Waals surface area contributed by atoms with Crippen LogP contribution < -0.4 is 0 Å². The summed E-state index contributed by atoms with van der Waals surface area (Å²) >= 11 is 0. The van der Waals surface area contributed by atoms with Gasteiger partial charge in [0.05, 0.1) is 0 Å². The van der Waals surface area contributed by atoms with Gasteiger partial charge in [-0.15, -0.1) is 0 Å². The van der Waals surface area contributed by atoms with Crippen LogP contribution in [-0.4, -0.2) is 17.3 Å². The van der Waals surface area contributed by atoms with Gasteiger partial charge in [-0.2, -0.15) is 0 Å². The van der Waals surface area contributed by atoms with Gasteiger partial charge in [0.15, 0.2) is 17.3 Å². The fraction of sp³-hybridized carbons (Fsp3) is 0.278. The van der Waals surface area contributed by atoms with E-state index in [0.29, 0.717) is 5.57 Å². The molecule has 0 aromatic carbocycles. The maximum atomic E-state index is 12.5. The standard InChI is InChI=1S/C18H14O3/c1-17-10-3-4-11-6-14(20)9-15(18(11,17)2)16(21)8-12(17)7-13(19)5-10/h3-7,9H,8H2,1-2H3. The molecule has 0 aliphatic heterocycles. The maximum Gasteiger partial charge on any atom is 0.179 e. The predicted octanol–water partition coefficient (Wildman–Crippen LogP) is 2.41. The number of ketones is 3. The Morgan fingerprint density at radius 1 is 0.810 bits per heavy atom. The molecule has 0 bridgehead atoms. The molecule has 0 saturated heterocycles. The summed E-state index contributed by atoms with van der Waals surface area (Å²) in [7, 11) is 0. The van der Waals surface area contributed by atoms with Crippen LogP contribution in [0.5, 0.6) is 0 Å². The smallest absolute Gasteiger partial charge is 0.179 e. The van der Waals surface area contributed by atoms with Crippen LogP contribution in [0.15, 0.2) is 58.7 Å². The molecule has 2 unspecified atom stereocenters. The van der Waals surface area contributed by atoms with E-state index in [0.717, 1.165) is 16.7 Å². The lowest BCUT2D eigenvalue weighted by molar-refractivity contribution is -0.119. The van der Waals surface area contributed by atoms with Gasteiger partial charge in [-0.25, -0.2) is 0 Å². The summed E-state index contributed by atoms with van der Waals surface area (Å²) in [4.78, 5) is 36.3. The minimum absolute atomic E-state index is 0.0514. The lowest BCUT2D eigenvalue weighted by atomic mass is 9.44. The molecule has 0 aromatic rings. The van der Waals surface area contributed by atoms with Crippen molar-refractivity contribution in [3.05, 3.63) is 58.7 Å². The van der Waals surface area contributed by atoms with E-state index in [-0.39, 0.29) is 23.8 Å². The summed E-state index contributed by atoms with van der Waals surface area (Å²) in [5, 5.41) is 0. The molecule has 2 atom stereocenters. The molecule has 0 aromatic heterocycles. The molecule has 4 aliphatic carbocycles. The van der Waals surface area contributed by atoms with Gasteiger partial charge < -0.3 is 0 Å². The average Bonchev–Trinajstić information content (AvgIpc) is 2.40. The lowest BCUT2D eigenvalue weighted by Gasteiger charge is -2.57. The molecule has 0 heterocycles. The first-order valence-corrected chi connectivity index (χ1v) is 7.04. The first-order chi connectivity index (χ1) is 9.87. The zero-order chi connectivity index (χ0) is 15.0. The van der Waals surface area contributed by atoms with Crippen LogP contribution in [0.1, 0.15) is 20.3 Å². The third-order valence-electron chi connectivity index (χ3n) is 5.63. The van der Waals surface area contributed by atoms with Crippen molar-refractivity contribution in [2.75, 3.05) is 0 Å².